The van der Waals surface area contributed by atoms with Gasteiger partial charge in [0.2, 0.25) is 0 Å². The number of hydrogen-bond donors (Lipinski definition) is 3. The summed E-state index contributed by atoms with van der Waals surface area (Å²) in [7, 11) is 1.67. The summed E-state index contributed by atoms with van der Waals surface area (Å²) in [5, 5.41) is 7.31. The first kappa shape index (κ1) is 10.3. The van der Waals surface area contributed by atoms with Gasteiger partial charge in [0.15, 0.2) is 5.65 Å². The highest BCUT2D eigenvalue weighted by atomic mass is 15.0. The van der Waals surface area contributed by atoms with Gasteiger partial charge in [0, 0.05) is 25.2 Å². The van der Waals surface area contributed by atoms with Crippen LogP contribution in [0.2, 0.25) is 0 Å². The van der Waals surface area contributed by atoms with Crippen LogP contribution in [0.25, 0.3) is 11.2 Å². The number of nitrogen functional groups attached to an aromatic ring is 1. The maximum atomic E-state index is 7.31. The largest absolute Gasteiger partial charge is 0.382 e. The van der Waals surface area contributed by atoms with Crippen LogP contribution in [0.3, 0.4) is 0 Å². The molecule has 0 fully saturated rings. The molecule has 6 heteroatoms. The van der Waals surface area contributed by atoms with E-state index in [0.29, 0.717) is 17.0 Å². The number of nitrogens with one attached hydrogen (secondary N) is 2. The van der Waals surface area contributed by atoms with Gasteiger partial charge < -0.3 is 16.1 Å². The van der Waals surface area contributed by atoms with Crippen molar-refractivity contribution in [2.45, 2.75) is 5.92 Å². The first-order valence-corrected chi connectivity index (χ1v) is 4.78. The summed E-state index contributed by atoms with van der Waals surface area (Å²) >= 11 is 0. The molecule has 2 rings (SSSR count). The minimum Gasteiger partial charge on any atom is -0.382 e. The Bertz CT molecular complexity index is 541. The van der Waals surface area contributed by atoms with Gasteiger partial charge in [-0.2, -0.15) is 0 Å². The highest BCUT2D eigenvalue weighted by Gasteiger charge is 2.10. The van der Waals surface area contributed by atoms with E-state index >= 15 is 0 Å². The van der Waals surface area contributed by atoms with Gasteiger partial charge in [0.1, 0.15) is 11.3 Å². The summed E-state index contributed by atoms with van der Waals surface area (Å²) in [5.74, 6) is 0.204. The second-order valence-corrected chi connectivity index (χ2v) is 3.35. The number of nitrogens with two attached hydrogens (primary N) is 1. The summed E-state index contributed by atoms with van der Waals surface area (Å²) in [6.45, 7) is 0. The number of rotatable bonds is 3. The van der Waals surface area contributed by atoms with E-state index in [9.17, 15) is 0 Å². The van der Waals surface area contributed by atoms with E-state index in [1.807, 2.05) is 6.07 Å². The maximum Gasteiger partial charge on any atom is 0.156 e. The highest BCUT2D eigenvalue weighted by molar-refractivity contribution is 5.90. The lowest BCUT2D eigenvalue weighted by molar-refractivity contribution is 1.13. The third kappa shape index (κ3) is 1.77. The van der Waals surface area contributed by atoms with Gasteiger partial charge in [-0.25, -0.2) is 9.97 Å². The van der Waals surface area contributed by atoms with Crippen molar-refractivity contribution in [3.8, 4) is 0 Å². The summed E-state index contributed by atoms with van der Waals surface area (Å²) in [4.78, 5) is 15.2. The number of fused-ring (bicyclic) bond motifs is 1. The topological polar surface area (TPSA) is 104 Å². The molecule has 0 saturated heterocycles. The molecular formula is C10H12N6. The van der Waals surface area contributed by atoms with Crippen molar-refractivity contribution >= 4 is 29.4 Å². The molecule has 0 aliphatic rings. The van der Waals surface area contributed by atoms with Crippen LogP contribution in [-0.4, -0.2) is 34.4 Å². The molecular weight excluding hydrogens is 204 g/mol. The highest BCUT2D eigenvalue weighted by Crippen LogP contribution is 2.17. The van der Waals surface area contributed by atoms with E-state index < -0.39 is 0 Å². The van der Waals surface area contributed by atoms with Crippen molar-refractivity contribution in [3.63, 3.8) is 0 Å². The molecule has 0 aromatic carbocycles. The molecule has 0 bridgehead atoms. The Kier molecular flexibility index (Phi) is 2.63. The monoisotopic (exact) mass is 216 g/mol. The lowest BCUT2D eigenvalue weighted by Crippen LogP contribution is -2.01. The third-order valence-corrected chi connectivity index (χ3v) is 2.22. The van der Waals surface area contributed by atoms with Crippen molar-refractivity contribution in [3.05, 3.63) is 18.0 Å². The molecule has 0 aliphatic carbocycles. The smallest absolute Gasteiger partial charge is 0.156 e. The van der Waals surface area contributed by atoms with E-state index in [0.717, 1.165) is 5.69 Å². The number of aliphatic imine (C=N–C) groups is 1. The van der Waals surface area contributed by atoms with E-state index in [1.54, 1.807) is 13.3 Å². The van der Waals surface area contributed by atoms with Crippen LogP contribution >= 0.6 is 0 Å². The van der Waals surface area contributed by atoms with E-state index in [1.165, 1.54) is 12.4 Å². The minimum atomic E-state index is -0.178. The molecule has 6 nitrogen and oxygen atoms in total. The van der Waals surface area contributed by atoms with Crippen LogP contribution in [0.5, 0.6) is 0 Å². The molecule has 0 radical (unpaired) electrons. The van der Waals surface area contributed by atoms with Crippen molar-refractivity contribution in [1.29, 1.82) is 5.41 Å². The molecule has 0 spiro atoms. The third-order valence-electron chi connectivity index (χ3n) is 2.22. The number of H-pyrrole nitrogens is 1. The first-order valence-electron chi connectivity index (χ1n) is 4.78. The molecule has 0 aliphatic heterocycles. The Balaban J connectivity index is 2.49. The molecule has 4 N–H and O–H groups in total. The quantitative estimate of drug-likeness (QED) is 0.666. The van der Waals surface area contributed by atoms with Crippen molar-refractivity contribution in [2.24, 2.45) is 4.99 Å². The molecule has 82 valence electrons. The van der Waals surface area contributed by atoms with Gasteiger partial charge in [-0.05, 0) is 6.07 Å². The summed E-state index contributed by atoms with van der Waals surface area (Å²) in [6, 6.07) is 1.83. The van der Waals surface area contributed by atoms with Crippen LogP contribution in [0, 0.1) is 5.41 Å². The van der Waals surface area contributed by atoms with Crippen molar-refractivity contribution in [1.82, 2.24) is 15.0 Å². The minimum absolute atomic E-state index is 0.178. The molecule has 0 amide bonds. The summed E-state index contributed by atoms with van der Waals surface area (Å²) in [5.41, 5.74) is 7.74. The predicted molar refractivity (Wildman–Crippen MR) is 64.2 cm³/mol. The zero-order valence-corrected chi connectivity index (χ0v) is 8.81. The lowest BCUT2D eigenvalue weighted by atomic mass is 10.1. The fraction of sp³-hybridized carbons (Fsp3) is 0.200. The fourth-order valence-corrected chi connectivity index (χ4v) is 1.49. The zero-order valence-electron chi connectivity index (χ0n) is 8.81. The first-order chi connectivity index (χ1) is 7.74. The Morgan fingerprint density at radius 1 is 1.62 bits per heavy atom. The average molecular weight is 216 g/mol. The summed E-state index contributed by atoms with van der Waals surface area (Å²) in [6.07, 6.45) is 4.48. The van der Waals surface area contributed by atoms with Gasteiger partial charge >= 0.3 is 0 Å². The molecule has 16 heavy (non-hydrogen) atoms. The van der Waals surface area contributed by atoms with Gasteiger partial charge in [-0.3, -0.25) is 4.99 Å². The normalized spacial score (nSPS) is 13.3. The zero-order chi connectivity index (χ0) is 11.5. The number of anilines is 1. The van der Waals surface area contributed by atoms with Crippen LogP contribution in [0.4, 0.5) is 5.82 Å². The number of aromatic amines is 1. The SMILES string of the molecule is CN=CC(C=N)c1cc2nc(N)cnc2[nH]1. The van der Waals surface area contributed by atoms with E-state index in [2.05, 4.69) is 19.9 Å². The molecule has 2 heterocycles. The van der Waals surface area contributed by atoms with Crippen LogP contribution in [-0.2, 0) is 0 Å². The van der Waals surface area contributed by atoms with Gasteiger partial charge in [-0.15, -0.1) is 0 Å². The maximum absolute atomic E-state index is 7.31. The van der Waals surface area contributed by atoms with Crippen molar-refractivity contribution in [2.75, 3.05) is 12.8 Å². The van der Waals surface area contributed by atoms with Gasteiger partial charge in [0.25, 0.3) is 0 Å². The second-order valence-electron chi connectivity index (χ2n) is 3.35. The molecule has 1 unspecified atom stereocenters. The van der Waals surface area contributed by atoms with Gasteiger partial charge in [0.05, 0.1) is 12.1 Å². The Hall–Kier alpha value is -2.24. The Labute approximate surface area is 92.1 Å². The Morgan fingerprint density at radius 2 is 2.44 bits per heavy atom. The van der Waals surface area contributed by atoms with E-state index in [-0.39, 0.29) is 5.92 Å². The van der Waals surface area contributed by atoms with E-state index in [4.69, 9.17) is 11.1 Å². The predicted octanol–water partition coefficient (Wildman–Crippen LogP) is 0.974. The standard InChI is InChI=1S/C10H12N6/c1-13-4-6(3-11)7-2-8-10(16-7)14-5-9(12)15-8/h2-6,11H,1H3,(H2,12,15)(H,14,16). The number of hydrogen-bond acceptors (Lipinski definition) is 5. The van der Waals surface area contributed by atoms with Crippen LogP contribution < -0.4 is 5.73 Å². The van der Waals surface area contributed by atoms with Gasteiger partial charge in [-0.1, -0.05) is 0 Å². The number of nitrogens with zero attached hydrogens (tertiary/aromatic N) is 3. The second kappa shape index (κ2) is 4.09. The summed E-state index contributed by atoms with van der Waals surface area (Å²) < 4.78 is 0. The average Bonchev–Trinajstić information content (AvgIpc) is 2.68. The van der Waals surface area contributed by atoms with Crippen molar-refractivity contribution < 1.29 is 0 Å². The molecule has 2 aromatic rings. The van der Waals surface area contributed by atoms with Crippen LogP contribution in [0.1, 0.15) is 11.6 Å². The molecule has 0 saturated carbocycles. The number of aromatic nitrogens is 3. The lowest BCUT2D eigenvalue weighted by Gasteiger charge is -2.00. The molecule has 1 atom stereocenters. The Morgan fingerprint density at radius 3 is 3.12 bits per heavy atom. The molecule has 2 aromatic heterocycles. The fourth-order valence-electron chi connectivity index (χ4n) is 1.49. The van der Waals surface area contributed by atoms with Crippen LogP contribution in [0.15, 0.2) is 17.3 Å².